The third kappa shape index (κ3) is 4.33. The van der Waals surface area contributed by atoms with Gasteiger partial charge in [0.2, 0.25) is 0 Å². The Morgan fingerprint density at radius 3 is 1.69 bits per heavy atom. The summed E-state index contributed by atoms with van der Waals surface area (Å²) >= 11 is 0. The molecule has 1 nitrogen and oxygen atoms in total. The lowest BCUT2D eigenvalue weighted by atomic mass is 9.78. The van der Waals surface area contributed by atoms with Gasteiger partial charge in [0.15, 0.2) is 0 Å². The molecule has 0 heterocycles. The first kappa shape index (κ1) is 15.7. The highest BCUT2D eigenvalue weighted by Gasteiger charge is 2.30. The lowest BCUT2D eigenvalue weighted by Gasteiger charge is -2.39. The summed E-state index contributed by atoms with van der Waals surface area (Å²) in [6.07, 6.45) is 1.22. The second-order valence-electron chi connectivity index (χ2n) is 4.52. The molecule has 0 radical (unpaired) electrons. The van der Waals surface area contributed by atoms with Crippen LogP contribution in [0.5, 0.6) is 0 Å². The molecule has 0 aromatic rings. The van der Waals surface area contributed by atoms with Crippen molar-refractivity contribution in [2.24, 2.45) is 11.8 Å². The minimum Gasteiger partial charge on any atom is -0.311 e. The normalized spacial score (nSPS) is 12.0. The van der Waals surface area contributed by atoms with Gasteiger partial charge >= 0.3 is 0 Å². The Bertz CT molecular complexity index is 113. The standard InChI is InChI=1S/C11H25N.ClH/c1-7-8-12-11(6,9(2)3)10(4)5;/h9-10,12H,7-8H2,1-6H3;1H. The van der Waals surface area contributed by atoms with Crippen molar-refractivity contribution in [1.82, 2.24) is 5.32 Å². The van der Waals surface area contributed by atoms with E-state index in [0.717, 1.165) is 6.54 Å². The van der Waals surface area contributed by atoms with Gasteiger partial charge in [0.25, 0.3) is 0 Å². The van der Waals surface area contributed by atoms with Crippen molar-refractivity contribution < 1.29 is 0 Å². The molecule has 0 saturated carbocycles. The molecule has 0 bridgehead atoms. The van der Waals surface area contributed by atoms with E-state index in [-0.39, 0.29) is 12.4 Å². The van der Waals surface area contributed by atoms with Crippen LogP contribution in [0, 0.1) is 11.8 Å². The van der Waals surface area contributed by atoms with E-state index >= 15 is 0 Å². The Morgan fingerprint density at radius 2 is 1.46 bits per heavy atom. The molecule has 2 heteroatoms. The first-order valence-corrected chi connectivity index (χ1v) is 5.20. The van der Waals surface area contributed by atoms with Crippen LogP contribution >= 0.6 is 12.4 Å². The minimum absolute atomic E-state index is 0. The predicted molar refractivity (Wildman–Crippen MR) is 63.6 cm³/mol. The molecule has 0 amide bonds. The third-order valence-corrected chi connectivity index (χ3v) is 3.15. The van der Waals surface area contributed by atoms with Crippen LogP contribution in [-0.4, -0.2) is 12.1 Å². The molecule has 0 unspecified atom stereocenters. The fraction of sp³-hybridized carbons (Fsp3) is 1.00. The summed E-state index contributed by atoms with van der Waals surface area (Å²) in [4.78, 5) is 0. The molecule has 0 rings (SSSR count). The summed E-state index contributed by atoms with van der Waals surface area (Å²) in [5, 5.41) is 3.64. The number of halogens is 1. The molecule has 13 heavy (non-hydrogen) atoms. The van der Waals surface area contributed by atoms with Gasteiger partial charge in [-0.25, -0.2) is 0 Å². The van der Waals surface area contributed by atoms with E-state index in [0.29, 0.717) is 17.4 Å². The van der Waals surface area contributed by atoms with E-state index in [9.17, 15) is 0 Å². The van der Waals surface area contributed by atoms with Crippen molar-refractivity contribution >= 4 is 12.4 Å². The maximum atomic E-state index is 3.64. The zero-order valence-corrected chi connectivity index (χ0v) is 10.8. The van der Waals surface area contributed by atoms with E-state index in [2.05, 4.69) is 46.9 Å². The number of rotatable bonds is 5. The van der Waals surface area contributed by atoms with Crippen molar-refractivity contribution in [3.63, 3.8) is 0 Å². The van der Waals surface area contributed by atoms with Gasteiger partial charge in [-0.2, -0.15) is 0 Å². The predicted octanol–water partition coefficient (Wildman–Crippen LogP) is 3.48. The largest absolute Gasteiger partial charge is 0.311 e. The summed E-state index contributed by atoms with van der Waals surface area (Å²) in [6.45, 7) is 14.9. The van der Waals surface area contributed by atoms with Gasteiger partial charge in [-0.3, -0.25) is 0 Å². The second-order valence-corrected chi connectivity index (χ2v) is 4.52. The van der Waals surface area contributed by atoms with Crippen LogP contribution in [0.2, 0.25) is 0 Å². The Morgan fingerprint density at radius 1 is 1.08 bits per heavy atom. The minimum atomic E-state index is 0. The van der Waals surface area contributed by atoms with Gasteiger partial charge in [-0.15, -0.1) is 12.4 Å². The number of hydrogen-bond acceptors (Lipinski definition) is 1. The van der Waals surface area contributed by atoms with Crippen LogP contribution in [0.15, 0.2) is 0 Å². The highest BCUT2D eigenvalue weighted by molar-refractivity contribution is 5.85. The number of nitrogens with one attached hydrogen (secondary N) is 1. The Labute approximate surface area is 90.1 Å². The highest BCUT2D eigenvalue weighted by atomic mass is 35.5. The van der Waals surface area contributed by atoms with Crippen molar-refractivity contribution in [3.8, 4) is 0 Å². The topological polar surface area (TPSA) is 12.0 Å². The van der Waals surface area contributed by atoms with Crippen LogP contribution in [0.4, 0.5) is 0 Å². The van der Waals surface area contributed by atoms with E-state index < -0.39 is 0 Å². The molecule has 0 fully saturated rings. The van der Waals surface area contributed by atoms with E-state index in [1.807, 2.05) is 0 Å². The molecule has 1 N–H and O–H groups in total. The van der Waals surface area contributed by atoms with Crippen molar-refractivity contribution in [2.45, 2.75) is 53.5 Å². The first-order chi connectivity index (χ1) is 5.45. The van der Waals surface area contributed by atoms with Gasteiger partial charge in [-0.1, -0.05) is 34.6 Å². The summed E-state index contributed by atoms with van der Waals surface area (Å²) in [7, 11) is 0. The highest BCUT2D eigenvalue weighted by Crippen LogP contribution is 2.25. The van der Waals surface area contributed by atoms with E-state index in [1.165, 1.54) is 6.42 Å². The van der Waals surface area contributed by atoms with Crippen molar-refractivity contribution in [3.05, 3.63) is 0 Å². The van der Waals surface area contributed by atoms with Crippen LogP contribution in [0.1, 0.15) is 48.0 Å². The van der Waals surface area contributed by atoms with Gasteiger partial charge < -0.3 is 5.32 Å². The third-order valence-electron chi connectivity index (χ3n) is 3.15. The molecule has 0 aromatic heterocycles. The summed E-state index contributed by atoms with van der Waals surface area (Å²) in [5.74, 6) is 1.40. The zero-order chi connectivity index (χ0) is 9.78. The maximum Gasteiger partial charge on any atom is 0.0199 e. The Balaban J connectivity index is 0. The molecule has 0 aliphatic rings. The lowest BCUT2D eigenvalue weighted by molar-refractivity contribution is 0.187. The van der Waals surface area contributed by atoms with Crippen LogP contribution in [0.3, 0.4) is 0 Å². The van der Waals surface area contributed by atoms with Gasteiger partial charge in [0, 0.05) is 5.54 Å². The average Bonchev–Trinajstić information content (AvgIpc) is 1.99. The first-order valence-electron chi connectivity index (χ1n) is 5.20. The summed E-state index contributed by atoms with van der Waals surface area (Å²) < 4.78 is 0. The molecule has 82 valence electrons. The van der Waals surface area contributed by atoms with Crippen molar-refractivity contribution in [2.75, 3.05) is 6.54 Å². The molecular formula is C11H26ClN. The van der Waals surface area contributed by atoms with Crippen molar-refractivity contribution in [1.29, 1.82) is 0 Å². The second kappa shape index (κ2) is 6.67. The average molecular weight is 208 g/mol. The monoisotopic (exact) mass is 207 g/mol. The molecule has 0 aliphatic carbocycles. The fourth-order valence-electron chi connectivity index (χ4n) is 1.47. The Hall–Kier alpha value is 0.250. The molecule has 0 saturated heterocycles. The molecule has 0 aliphatic heterocycles. The fourth-order valence-corrected chi connectivity index (χ4v) is 1.47. The van der Waals surface area contributed by atoms with Crippen LogP contribution in [0.25, 0.3) is 0 Å². The van der Waals surface area contributed by atoms with Crippen LogP contribution in [-0.2, 0) is 0 Å². The molecule has 0 spiro atoms. The zero-order valence-electron chi connectivity index (χ0n) is 9.98. The summed E-state index contributed by atoms with van der Waals surface area (Å²) in [5.41, 5.74) is 0.302. The van der Waals surface area contributed by atoms with E-state index in [4.69, 9.17) is 0 Å². The van der Waals surface area contributed by atoms with Crippen LogP contribution < -0.4 is 5.32 Å². The van der Waals surface area contributed by atoms with Gasteiger partial charge in [0.05, 0.1) is 0 Å². The lowest BCUT2D eigenvalue weighted by Crippen LogP contribution is -2.51. The summed E-state index contributed by atoms with van der Waals surface area (Å²) in [6, 6.07) is 0. The van der Waals surface area contributed by atoms with E-state index in [1.54, 1.807) is 0 Å². The molecular weight excluding hydrogens is 182 g/mol. The smallest absolute Gasteiger partial charge is 0.0199 e. The van der Waals surface area contributed by atoms with Gasteiger partial charge in [0.1, 0.15) is 0 Å². The van der Waals surface area contributed by atoms with Gasteiger partial charge in [-0.05, 0) is 31.7 Å². The molecule has 0 atom stereocenters. The Kier molecular flexibility index (Phi) is 8.06. The number of hydrogen-bond donors (Lipinski definition) is 1. The SMILES string of the molecule is CCCNC(C)(C(C)C)C(C)C.Cl. The molecule has 0 aromatic carbocycles. The maximum absolute atomic E-state index is 3.64. The quantitative estimate of drug-likeness (QED) is 0.728.